The quantitative estimate of drug-likeness (QED) is 0.338. The summed E-state index contributed by atoms with van der Waals surface area (Å²) in [6, 6.07) is 0. The molecule has 0 bridgehead atoms. The molecule has 2 aromatic rings. The van der Waals surface area contributed by atoms with Gasteiger partial charge in [0.25, 0.3) is 0 Å². The third kappa shape index (κ3) is 13.9. The van der Waals surface area contributed by atoms with E-state index >= 15 is 0 Å². The molecule has 0 unspecified atom stereocenters. The van der Waals surface area contributed by atoms with E-state index < -0.39 is 10.4 Å². The monoisotopic (exact) mass is 264 g/mol. The summed E-state index contributed by atoms with van der Waals surface area (Å²) in [5.74, 6) is 1.21. The van der Waals surface area contributed by atoms with Gasteiger partial charge in [-0.2, -0.15) is 8.42 Å². The van der Waals surface area contributed by atoms with E-state index in [1.165, 1.54) is 12.7 Å². The maximum Gasteiger partial charge on any atom is 0.394 e. The van der Waals surface area contributed by atoms with E-state index in [1.807, 2.05) is 0 Å². The Bertz CT molecular complexity index is 438. The van der Waals surface area contributed by atoms with Gasteiger partial charge in [-0.15, -0.1) is 0 Å². The van der Waals surface area contributed by atoms with E-state index in [0.717, 1.165) is 0 Å². The number of aromatic amines is 2. The first-order valence-electron chi connectivity index (χ1n) is 3.96. The van der Waals surface area contributed by atoms with Crippen LogP contribution in [0.2, 0.25) is 0 Å². The van der Waals surface area contributed by atoms with Gasteiger partial charge in [0, 0.05) is 0 Å². The number of nitrogens with zero attached hydrogens (tertiary/aromatic N) is 2. The van der Waals surface area contributed by atoms with Crippen LogP contribution in [0.25, 0.3) is 0 Å². The molecule has 10 nitrogen and oxygen atoms in total. The number of H-pyrrole nitrogens is 2. The number of aromatic nitrogens is 4. The zero-order valence-corrected chi connectivity index (χ0v) is 9.29. The lowest BCUT2D eigenvalue weighted by Gasteiger charge is -1.70. The number of hydrogen-bond acceptors (Lipinski definition) is 6. The minimum Gasteiger partial charge on any atom is -0.384 e. The number of hydrogen-bond donors (Lipinski definition) is 6. The topological polar surface area (TPSA) is 184 Å². The highest BCUT2D eigenvalue weighted by atomic mass is 32.3. The predicted molar refractivity (Wildman–Crippen MR) is 60.2 cm³/mol. The summed E-state index contributed by atoms with van der Waals surface area (Å²) < 4.78 is 31.6. The van der Waals surface area contributed by atoms with Gasteiger partial charge < -0.3 is 21.4 Å². The van der Waals surface area contributed by atoms with Crippen LogP contribution in [0.1, 0.15) is 0 Å². The number of rotatable bonds is 0. The van der Waals surface area contributed by atoms with Gasteiger partial charge in [-0.1, -0.05) is 0 Å². The lowest BCUT2D eigenvalue weighted by molar-refractivity contribution is 0.381. The standard InChI is InChI=1S/2C3H5N3.H2O4S/c2*4-3-1-5-2-6-3;1-5(2,3)4/h2*1-2H,4H2,(H,5,6);(H2,1,2,3,4). The first-order chi connectivity index (χ1) is 7.79. The van der Waals surface area contributed by atoms with Gasteiger partial charge >= 0.3 is 10.4 Å². The molecule has 2 heterocycles. The third-order valence-electron chi connectivity index (χ3n) is 1.04. The third-order valence-corrected chi connectivity index (χ3v) is 1.04. The second-order valence-electron chi connectivity index (χ2n) is 2.46. The highest BCUT2D eigenvalue weighted by Crippen LogP contribution is 1.85. The van der Waals surface area contributed by atoms with Crippen molar-refractivity contribution in [1.29, 1.82) is 0 Å². The fourth-order valence-electron chi connectivity index (χ4n) is 0.533. The van der Waals surface area contributed by atoms with Crippen LogP contribution < -0.4 is 11.5 Å². The van der Waals surface area contributed by atoms with E-state index in [-0.39, 0.29) is 0 Å². The second-order valence-corrected chi connectivity index (χ2v) is 3.36. The van der Waals surface area contributed by atoms with Gasteiger partial charge in [-0.3, -0.25) is 9.11 Å². The molecule has 0 amide bonds. The average Bonchev–Trinajstić information content (AvgIpc) is 2.76. The molecule has 17 heavy (non-hydrogen) atoms. The van der Waals surface area contributed by atoms with E-state index in [0.29, 0.717) is 11.6 Å². The van der Waals surface area contributed by atoms with Crippen molar-refractivity contribution >= 4 is 22.0 Å². The minimum absolute atomic E-state index is 0.606. The molecule has 0 fully saturated rings. The average molecular weight is 264 g/mol. The van der Waals surface area contributed by atoms with Gasteiger partial charge in [0.15, 0.2) is 0 Å². The van der Waals surface area contributed by atoms with Crippen LogP contribution in [0, 0.1) is 0 Å². The molecule has 2 aromatic heterocycles. The van der Waals surface area contributed by atoms with Crippen LogP contribution in [-0.2, 0) is 10.4 Å². The van der Waals surface area contributed by atoms with Crippen molar-refractivity contribution < 1.29 is 17.5 Å². The molecule has 0 aliphatic heterocycles. The maximum atomic E-state index is 8.74. The van der Waals surface area contributed by atoms with E-state index in [4.69, 9.17) is 29.0 Å². The van der Waals surface area contributed by atoms with Crippen molar-refractivity contribution in [2.24, 2.45) is 0 Å². The van der Waals surface area contributed by atoms with Crippen LogP contribution in [0.3, 0.4) is 0 Å². The predicted octanol–water partition coefficient (Wildman–Crippen LogP) is -0.669. The number of imidazole rings is 2. The first kappa shape index (κ1) is 14.9. The van der Waals surface area contributed by atoms with Crippen LogP contribution in [0.4, 0.5) is 11.6 Å². The molecule has 0 aliphatic rings. The first-order valence-corrected chi connectivity index (χ1v) is 5.36. The maximum absolute atomic E-state index is 8.74. The molecule has 0 saturated carbocycles. The molecule has 0 saturated heterocycles. The summed E-state index contributed by atoms with van der Waals surface area (Å²) in [6.07, 6.45) is 6.19. The molecular formula is C6H12N6O4S. The molecule has 0 atom stereocenters. The second kappa shape index (κ2) is 7.21. The van der Waals surface area contributed by atoms with Crippen molar-refractivity contribution in [2.45, 2.75) is 0 Å². The van der Waals surface area contributed by atoms with Crippen molar-refractivity contribution in [3.63, 3.8) is 0 Å². The molecule has 0 aliphatic carbocycles. The minimum atomic E-state index is -4.67. The lowest BCUT2D eigenvalue weighted by Crippen LogP contribution is -1.89. The fourth-order valence-corrected chi connectivity index (χ4v) is 0.533. The largest absolute Gasteiger partial charge is 0.394 e. The van der Waals surface area contributed by atoms with Crippen LogP contribution in [0.5, 0.6) is 0 Å². The number of nitrogen functional groups attached to an aromatic ring is 2. The normalized spacial score (nSPS) is 9.53. The summed E-state index contributed by atoms with van der Waals surface area (Å²) in [6.45, 7) is 0. The van der Waals surface area contributed by atoms with E-state index in [2.05, 4.69) is 19.9 Å². The summed E-state index contributed by atoms with van der Waals surface area (Å²) >= 11 is 0. The Labute approximate surface area is 96.7 Å². The Hall–Kier alpha value is -2.11. The molecule has 11 heteroatoms. The molecule has 0 aromatic carbocycles. The van der Waals surface area contributed by atoms with Crippen molar-refractivity contribution in [3.05, 3.63) is 25.0 Å². The molecule has 8 N–H and O–H groups in total. The summed E-state index contributed by atoms with van der Waals surface area (Å²) in [5, 5.41) is 0. The Kier molecular flexibility index (Phi) is 6.32. The highest BCUT2D eigenvalue weighted by molar-refractivity contribution is 7.79. The van der Waals surface area contributed by atoms with Crippen molar-refractivity contribution in [2.75, 3.05) is 11.5 Å². The highest BCUT2D eigenvalue weighted by Gasteiger charge is 1.84. The Morgan fingerprint density at radius 1 is 1.00 bits per heavy atom. The van der Waals surface area contributed by atoms with Gasteiger partial charge in [-0.25, -0.2) is 9.97 Å². The molecule has 2 rings (SSSR count). The summed E-state index contributed by atoms with van der Waals surface area (Å²) in [7, 11) is -4.67. The van der Waals surface area contributed by atoms with Gasteiger partial charge in [0.2, 0.25) is 0 Å². The summed E-state index contributed by atoms with van der Waals surface area (Å²) in [4.78, 5) is 12.6. The Morgan fingerprint density at radius 2 is 1.29 bits per heavy atom. The van der Waals surface area contributed by atoms with E-state index in [1.54, 1.807) is 12.4 Å². The lowest BCUT2D eigenvalue weighted by atomic mass is 10.8. The van der Waals surface area contributed by atoms with Crippen molar-refractivity contribution in [3.8, 4) is 0 Å². The smallest absolute Gasteiger partial charge is 0.384 e. The van der Waals surface area contributed by atoms with Gasteiger partial charge in [0.1, 0.15) is 11.6 Å². The van der Waals surface area contributed by atoms with Crippen LogP contribution in [0.15, 0.2) is 25.0 Å². The molecular weight excluding hydrogens is 252 g/mol. The zero-order valence-electron chi connectivity index (χ0n) is 8.48. The number of nitrogens with one attached hydrogen (secondary N) is 2. The van der Waals surface area contributed by atoms with E-state index in [9.17, 15) is 0 Å². The fraction of sp³-hybridized carbons (Fsp3) is 0. The van der Waals surface area contributed by atoms with Gasteiger partial charge in [-0.05, 0) is 0 Å². The SMILES string of the molecule is Nc1cnc[nH]1.Nc1cnc[nH]1.O=S(=O)(O)O. The number of nitrogens with two attached hydrogens (primary N) is 2. The molecule has 0 spiro atoms. The Morgan fingerprint density at radius 3 is 1.35 bits per heavy atom. The van der Waals surface area contributed by atoms with Gasteiger partial charge in [0.05, 0.1) is 25.0 Å². The zero-order chi connectivity index (χ0) is 13.3. The number of anilines is 2. The van der Waals surface area contributed by atoms with Crippen LogP contribution in [-0.4, -0.2) is 37.5 Å². The van der Waals surface area contributed by atoms with Crippen molar-refractivity contribution in [1.82, 2.24) is 19.9 Å². The van der Waals surface area contributed by atoms with Crippen LogP contribution >= 0.6 is 0 Å². The Balaban J connectivity index is 0.000000228. The molecule has 96 valence electrons. The summed E-state index contributed by atoms with van der Waals surface area (Å²) in [5.41, 5.74) is 10.3. The molecule has 0 radical (unpaired) electrons.